The number of aliphatic carboxylic acids is 1. The van der Waals surface area contributed by atoms with Crippen LogP contribution in [0.5, 0.6) is 0 Å². The van der Waals surface area contributed by atoms with E-state index < -0.39 is 12.0 Å². The van der Waals surface area contributed by atoms with Gasteiger partial charge in [-0.3, -0.25) is 14.5 Å². The number of carboxylic acid groups (broad SMARTS) is 1. The lowest BCUT2D eigenvalue weighted by molar-refractivity contribution is -0.143. The average molecular weight is 238 g/mol. The van der Waals surface area contributed by atoms with E-state index in [-0.39, 0.29) is 18.1 Å². The summed E-state index contributed by atoms with van der Waals surface area (Å²) in [5.41, 5.74) is 0. The highest BCUT2D eigenvalue weighted by Gasteiger charge is 2.30. The Labute approximate surface area is 98.2 Å². The number of rotatable bonds is 4. The molecule has 2 heterocycles. The number of hydrogen-bond donors (Lipinski definition) is 2. The minimum Gasteiger partial charge on any atom is -0.480 e. The number of carboxylic acids is 1. The highest BCUT2D eigenvalue weighted by Crippen LogP contribution is 2.08. The Bertz CT molecular complexity index is 402. The molecule has 1 aromatic heterocycles. The minimum atomic E-state index is -0.913. The number of Topliss-reactive ketones (excluding diaryl/α,β-unsaturated/α-hetero) is 1. The average Bonchev–Trinajstić information content (AvgIpc) is 2.83. The summed E-state index contributed by atoms with van der Waals surface area (Å²) < 4.78 is 4.99. The van der Waals surface area contributed by atoms with Crippen LogP contribution in [0.2, 0.25) is 0 Å². The Morgan fingerprint density at radius 3 is 3.06 bits per heavy atom. The van der Waals surface area contributed by atoms with Gasteiger partial charge in [0, 0.05) is 19.6 Å². The molecule has 2 N–H and O–H groups in total. The molecule has 0 spiro atoms. The fraction of sp³-hybridized carbons (Fsp3) is 0.455. The molecule has 0 unspecified atom stereocenters. The number of hydrogen-bond acceptors (Lipinski definition) is 5. The molecule has 1 aliphatic heterocycles. The van der Waals surface area contributed by atoms with Gasteiger partial charge >= 0.3 is 5.97 Å². The third-order valence-corrected chi connectivity index (χ3v) is 2.78. The van der Waals surface area contributed by atoms with Gasteiger partial charge in [-0.25, -0.2) is 0 Å². The molecule has 1 atom stereocenters. The van der Waals surface area contributed by atoms with Crippen LogP contribution < -0.4 is 5.32 Å². The van der Waals surface area contributed by atoms with Crippen molar-refractivity contribution in [2.75, 3.05) is 26.2 Å². The monoisotopic (exact) mass is 238 g/mol. The van der Waals surface area contributed by atoms with Crippen LogP contribution in [-0.2, 0) is 4.79 Å². The summed E-state index contributed by atoms with van der Waals surface area (Å²) >= 11 is 0. The second kappa shape index (κ2) is 5.11. The van der Waals surface area contributed by atoms with E-state index in [1.807, 2.05) is 0 Å². The molecular weight excluding hydrogens is 224 g/mol. The summed E-state index contributed by atoms with van der Waals surface area (Å²) in [7, 11) is 0. The second-order valence-corrected chi connectivity index (χ2v) is 3.93. The van der Waals surface area contributed by atoms with Gasteiger partial charge in [-0.15, -0.1) is 0 Å². The van der Waals surface area contributed by atoms with Crippen LogP contribution in [0.4, 0.5) is 0 Å². The van der Waals surface area contributed by atoms with Gasteiger partial charge in [0.15, 0.2) is 5.76 Å². The fourth-order valence-electron chi connectivity index (χ4n) is 1.88. The molecule has 17 heavy (non-hydrogen) atoms. The molecule has 1 fully saturated rings. The van der Waals surface area contributed by atoms with Crippen LogP contribution in [0.25, 0.3) is 0 Å². The molecule has 6 nitrogen and oxygen atoms in total. The predicted molar refractivity (Wildman–Crippen MR) is 58.9 cm³/mol. The van der Waals surface area contributed by atoms with Gasteiger partial charge in [0.05, 0.1) is 12.8 Å². The summed E-state index contributed by atoms with van der Waals surface area (Å²) in [6, 6.07) is 2.57. The molecule has 1 aromatic rings. The van der Waals surface area contributed by atoms with Crippen molar-refractivity contribution in [1.29, 1.82) is 0 Å². The topological polar surface area (TPSA) is 82.8 Å². The third kappa shape index (κ3) is 2.72. The lowest BCUT2D eigenvalue weighted by Crippen LogP contribution is -2.56. The first kappa shape index (κ1) is 11.8. The number of carbonyl (C=O) groups is 2. The zero-order valence-electron chi connectivity index (χ0n) is 9.26. The van der Waals surface area contributed by atoms with E-state index in [4.69, 9.17) is 9.52 Å². The van der Waals surface area contributed by atoms with Gasteiger partial charge in [0.25, 0.3) is 0 Å². The number of piperazine rings is 1. The van der Waals surface area contributed by atoms with Gasteiger partial charge in [0.2, 0.25) is 5.78 Å². The molecule has 0 saturated carbocycles. The van der Waals surface area contributed by atoms with Crippen LogP contribution in [0, 0.1) is 0 Å². The molecule has 92 valence electrons. The lowest BCUT2D eigenvalue weighted by Gasteiger charge is -2.32. The summed E-state index contributed by atoms with van der Waals surface area (Å²) in [5.74, 6) is -0.833. The Morgan fingerprint density at radius 2 is 2.41 bits per heavy atom. The number of ketones is 1. The van der Waals surface area contributed by atoms with Crippen LogP contribution in [0.1, 0.15) is 10.6 Å². The third-order valence-electron chi connectivity index (χ3n) is 2.78. The van der Waals surface area contributed by atoms with Crippen LogP contribution in [-0.4, -0.2) is 54.0 Å². The lowest BCUT2D eigenvalue weighted by atomic mass is 10.1. The quantitative estimate of drug-likeness (QED) is 0.708. The van der Waals surface area contributed by atoms with Gasteiger partial charge < -0.3 is 14.8 Å². The smallest absolute Gasteiger partial charge is 0.322 e. The maximum Gasteiger partial charge on any atom is 0.322 e. The van der Waals surface area contributed by atoms with Crippen molar-refractivity contribution in [2.24, 2.45) is 0 Å². The minimum absolute atomic E-state index is 0.0756. The highest BCUT2D eigenvalue weighted by atomic mass is 16.4. The molecule has 0 radical (unpaired) electrons. The standard InChI is InChI=1S/C11H14N2O4/c14-9(10-2-1-5-17-10)7-13-4-3-12-6-8(13)11(15)16/h1-2,5,8,12H,3-4,6-7H2,(H,15,16)/t8-/m1/s1. The first-order valence-electron chi connectivity index (χ1n) is 5.43. The molecular formula is C11H14N2O4. The molecule has 0 aromatic carbocycles. The molecule has 6 heteroatoms. The molecule has 1 saturated heterocycles. The van der Waals surface area contributed by atoms with Gasteiger partial charge in [-0.2, -0.15) is 0 Å². The molecule has 1 aliphatic rings. The van der Waals surface area contributed by atoms with Crippen molar-refractivity contribution in [3.05, 3.63) is 24.2 Å². The Hall–Kier alpha value is -1.66. The SMILES string of the molecule is O=C(CN1CCNC[C@@H]1C(=O)O)c1ccco1. The summed E-state index contributed by atoms with van der Waals surface area (Å²) in [6.07, 6.45) is 1.43. The normalized spacial score (nSPS) is 21.3. The molecule has 0 amide bonds. The first-order chi connectivity index (χ1) is 8.18. The first-order valence-corrected chi connectivity index (χ1v) is 5.43. The van der Waals surface area contributed by atoms with Crippen molar-refractivity contribution < 1.29 is 19.1 Å². The predicted octanol–water partition coefficient (Wildman–Crippen LogP) is -0.179. The van der Waals surface area contributed by atoms with E-state index in [9.17, 15) is 9.59 Å². The second-order valence-electron chi connectivity index (χ2n) is 3.93. The van der Waals surface area contributed by atoms with Gasteiger partial charge in [-0.05, 0) is 12.1 Å². The number of furan rings is 1. The summed E-state index contributed by atoms with van der Waals surface area (Å²) in [4.78, 5) is 24.5. The summed E-state index contributed by atoms with van der Waals surface area (Å²) in [6.45, 7) is 1.67. The van der Waals surface area contributed by atoms with Crippen molar-refractivity contribution >= 4 is 11.8 Å². The van der Waals surface area contributed by atoms with Crippen molar-refractivity contribution in [3.63, 3.8) is 0 Å². The highest BCUT2D eigenvalue weighted by molar-refractivity contribution is 5.95. The maximum absolute atomic E-state index is 11.8. The van der Waals surface area contributed by atoms with Crippen LogP contribution in [0.3, 0.4) is 0 Å². The fourth-order valence-corrected chi connectivity index (χ4v) is 1.88. The number of nitrogens with one attached hydrogen (secondary N) is 1. The van der Waals surface area contributed by atoms with Crippen LogP contribution in [0.15, 0.2) is 22.8 Å². The van der Waals surface area contributed by atoms with E-state index in [1.165, 1.54) is 6.26 Å². The van der Waals surface area contributed by atoms with E-state index >= 15 is 0 Å². The van der Waals surface area contributed by atoms with Gasteiger partial charge in [0.1, 0.15) is 6.04 Å². The molecule has 2 rings (SSSR count). The van der Waals surface area contributed by atoms with E-state index in [0.717, 1.165) is 0 Å². The maximum atomic E-state index is 11.8. The van der Waals surface area contributed by atoms with E-state index in [2.05, 4.69) is 5.32 Å². The van der Waals surface area contributed by atoms with Crippen molar-refractivity contribution in [2.45, 2.75) is 6.04 Å². The summed E-state index contributed by atoms with van der Waals surface area (Å²) in [5, 5.41) is 12.0. The zero-order chi connectivity index (χ0) is 12.3. The van der Waals surface area contributed by atoms with Crippen LogP contribution >= 0.6 is 0 Å². The largest absolute Gasteiger partial charge is 0.480 e. The molecule has 0 bridgehead atoms. The van der Waals surface area contributed by atoms with E-state index in [0.29, 0.717) is 19.6 Å². The Balaban J connectivity index is 2.01. The Morgan fingerprint density at radius 1 is 1.59 bits per heavy atom. The zero-order valence-corrected chi connectivity index (χ0v) is 9.26. The van der Waals surface area contributed by atoms with E-state index in [1.54, 1.807) is 17.0 Å². The number of nitrogens with zero attached hydrogens (tertiary/aromatic N) is 1. The van der Waals surface area contributed by atoms with Crippen molar-refractivity contribution in [1.82, 2.24) is 10.2 Å². The van der Waals surface area contributed by atoms with Gasteiger partial charge in [-0.1, -0.05) is 0 Å². The molecule has 0 aliphatic carbocycles. The van der Waals surface area contributed by atoms with Crippen molar-refractivity contribution in [3.8, 4) is 0 Å². The Kier molecular flexibility index (Phi) is 3.55. The number of carbonyl (C=O) groups excluding carboxylic acids is 1.